The number of methoxy groups -OCH3 is 1. The van der Waals surface area contributed by atoms with Crippen LogP contribution in [0.4, 0.5) is 18.9 Å². The normalized spacial score (nSPS) is 12.4. The Morgan fingerprint density at radius 3 is 2.52 bits per heavy atom. The molecule has 0 spiro atoms. The summed E-state index contributed by atoms with van der Waals surface area (Å²) in [5.41, 5.74) is 1.80. The van der Waals surface area contributed by atoms with Crippen molar-refractivity contribution in [1.82, 2.24) is 4.98 Å². The van der Waals surface area contributed by atoms with Crippen LogP contribution in [0, 0.1) is 12.7 Å². The first-order valence-electron chi connectivity index (χ1n) is 8.29. The molecule has 1 atom stereocenters. The highest BCUT2D eigenvalue weighted by Crippen LogP contribution is 2.35. The van der Waals surface area contributed by atoms with E-state index in [0.717, 1.165) is 27.3 Å². The number of nitrogens with zero attached hydrogens (tertiary/aromatic N) is 1. The van der Waals surface area contributed by atoms with Gasteiger partial charge in [0.2, 0.25) is 0 Å². The van der Waals surface area contributed by atoms with Gasteiger partial charge in [0.05, 0.1) is 28.7 Å². The number of hydrogen-bond acceptors (Lipinski definition) is 3. The molecule has 0 aliphatic rings. The molecule has 0 amide bonds. The van der Waals surface area contributed by atoms with E-state index in [9.17, 15) is 13.2 Å². The lowest BCUT2D eigenvalue weighted by Crippen LogP contribution is -2.11. The Labute approximate surface area is 163 Å². The summed E-state index contributed by atoms with van der Waals surface area (Å²) in [6.07, 6.45) is -2.86. The van der Waals surface area contributed by atoms with Crippen LogP contribution in [0.3, 0.4) is 0 Å². The third-order valence-corrected chi connectivity index (χ3v) is 4.96. The van der Waals surface area contributed by atoms with Crippen molar-refractivity contribution >= 4 is 32.5 Å². The van der Waals surface area contributed by atoms with E-state index in [0.29, 0.717) is 11.3 Å². The molecule has 27 heavy (non-hydrogen) atoms. The fourth-order valence-electron chi connectivity index (χ4n) is 3.02. The zero-order valence-electron chi connectivity index (χ0n) is 15.0. The number of ether oxygens (including phenoxy) is 1. The van der Waals surface area contributed by atoms with E-state index in [2.05, 4.69) is 26.2 Å². The van der Waals surface area contributed by atoms with Crippen molar-refractivity contribution in [3.63, 3.8) is 0 Å². The van der Waals surface area contributed by atoms with Crippen LogP contribution in [-0.2, 0) is 0 Å². The summed E-state index contributed by atoms with van der Waals surface area (Å²) in [6.45, 7) is 3.58. The van der Waals surface area contributed by atoms with Crippen molar-refractivity contribution in [3.8, 4) is 5.75 Å². The molecule has 3 aromatic rings. The summed E-state index contributed by atoms with van der Waals surface area (Å²) in [5.74, 6) is -0.235. The maximum atomic E-state index is 14.5. The molecule has 1 aromatic heterocycles. The van der Waals surface area contributed by atoms with Crippen molar-refractivity contribution in [1.29, 1.82) is 0 Å². The molecule has 1 N–H and O–H groups in total. The number of aromatic nitrogens is 1. The minimum absolute atomic E-state index is 0.183. The van der Waals surface area contributed by atoms with E-state index in [1.807, 2.05) is 19.1 Å². The summed E-state index contributed by atoms with van der Waals surface area (Å²) in [4.78, 5) is 4.51. The Morgan fingerprint density at radius 1 is 1.15 bits per heavy atom. The Bertz CT molecular complexity index is 995. The lowest BCUT2D eigenvalue weighted by atomic mass is 10.0. The number of hydrogen-bond donors (Lipinski definition) is 1. The maximum Gasteiger partial charge on any atom is 0.266 e. The van der Waals surface area contributed by atoms with Gasteiger partial charge < -0.3 is 10.1 Å². The molecule has 1 heterocycles. The van der Waals surface area contributed by atoms with Crippen LogP contribution < -0.4 is 10.1 Å². The number of aryl methyl sites for hydroxylation is 1. The Kier molecular flexibility index (Phi) is 5.60. The summed E-state index contributed by atoms with van der Waals surface area (Å²) in [7, 11) is 1.57. The highest BCUT2D eigenvalue weighted by atomic mass is 79.9. The predicted octanol–water partition coefficient (Wildman–Crippen LogP) is 6.56. The molecule has 2 aromatic carbocycles. The van der Waals surface area contributed by atoms with Gasteiger partial charge in [-0.2, -0.15) is 0 Å². The van der Waals surface area contributed by atoms with E-state index < -0.39 is 23.8 Å². The molecule has 0 fully saturated rings. The minimum atomic E-state index is -2.86. The molecule has 0 radical (unpaired) electrons. The van der Waals surface area contributed by atoms with Gasteiger partial charge in [-0.25, -0.2) is 13.2 Å². The second-order valence-electron chi connectivity index (χ2n) is 6.23. The van der Waals surface area contributed by atoms with Crippen LogP contribution in [0.1, 0.15) is 36.2 Å². The van der Waals surface area contributed by atoms with Gasteiger partial charge >= 0.3 is 0 Å². The number of rotatable bonds is 5. The van der Waals surface area contributed by atoms with Gasteiger partial charge in [0, 0.05) is 28.4 Å². The van der Waals surface area contributed by atoms with Gasteiger partial charge in [-0.3, -0.25) is 4.98 Å². The highest BCUT2D eigenvalue weighted by Gasteiger charge is 2.20. The monoisotopic (exact) mass is 438 g/mol. The van der Waals surface area contributed by atoms with Crippen LogP contribution >= 0.6 is 15.9 Å². The average Bonchev–Trinajstić information content (AvgIpc) is 2.61. The quantitative estimate of drug-likeness (QED) is 0.489. The van der Waals surface area contributed by atoms with E-state index in [4.69, 9.17) is 4.74 Å². The topological polar surface area (TPSA) is 34.1 Å². The molecule has 0 aliphatic carbocycles. The number of benzene rings is 2. The number of pyridine rings is 1. The number of nitrogens with one attached hydrogen (secondary N) is 1. The van der Waals surface area contributed by atoms with Gasteiger partial charge in [-0.1, -0.05) is 18.2 Å². The lowest BCUT2D eigenvalue weighted by molar-refractivity contribution is 0.146. The molecule has 3 rings (SSSR count). The van der Waals surface area contributed by atoms with Crippen LogP contribution in [0.15, 0.2) is 40.9 Å². The second kappa shape index (κ2) is 7.76. The molecule has 0 saturated carbocycles. The lowest BCUT2D eigenvalue weighted by Gasteiger charge is -2.20. The average molecular weight is 439 g/mol. The molecule has 3 nitrogen and oxygen atoms in total. The minimum Gasteiger partial charge on any atom is -0.495 e. The van der Waals surface area contributed by atoms with Crippen molar-refractivity contribution in [3.05, 3.63) is 63.5 Å². The van der Waals surface area contributed by atoms with Crippen LogP contribution in [0.2, 0.25) is 0 Å². The standard InChI is InChI=1S/C20H18BrF3N2O/c1-10-7-16(14-8-15(21)18(27-3)9-17(14)25-10)26-11(2)12-5-4-6-13(19(12)22)20(23)24/h4-9,11,20H,1-3H3,(H,25,26). The third kappa shape index (κ3) is 3.88. The Morgan fingerprint density at radius 2 is 1.85 bits per heavy atom. The molecular formula is C20H18BrF3N2O. The third-order valence-electron chi connectivity index (χ3n) is 4.34. The van der Waals surface area contributed by atoms with E-state index >= 15 is 0 Å². The van der Waals surface area contributed by atoms with Gasteiger partial charge in [0.25, 0.3) is 6.43 Å². The van der Waals surface area contributed by atoms with Crippen molar-refractivity contribution < 1.29 is 17.9 Å². The van der Waals surface area contributed by atoms with E-state index in [-0.39, 0.29) is 5.56 Å². The van der Waals surface area contributed by atoms with Gasteiger partial charge in [0.1, 0.15) is 11.6 Å². The van der Waals surface area contributed by atoms with Crippen molar-refractivity contribution in [2.24, 2.45) is 0 Å². The van der Waals surface area contributed by atoms with Gasteiger partial charge in [0.15, 0.2) is 0 Å². The Balaban J connectivity index is 2.04. The number of anilines is 1. The molecule has 7 heteroatoms. The molecular weight excluding hydrogens is 421 g/mol. The van der Waals surface area contributed by atoms with Crippen LogP contribution in [0.25, 0.3) is 10.9 Å². The van der Waals surface area contributed by atoms with Gasteiger partial charge in [-0.05, 0) is 41.9 Å². The number of fused-ring (bicyclic) bond motifs is 1. The van der Waals surface area contributed by atoms with Crippen LogP contribution in [-0.4, -0.2) is 12.1 Å². The summed E-state index contributed by atoms with van der Waals surface area (Å²) < 4.78 is 46.5. The molecule has 0 aliphatic heterocycles. The van der Waals surface area contributed by atoms with E-state index in [1.54, 1.807) is 20.1 Å². The molecule has 0 saturated heterocycles. The van der Waals surface area contributed by atoms with Crippen molar-refractivity contribution in [2.75, 3.05) is 12.4 Å². The smallest absolute Gasteiger partial charge is 0.266 e. The summed E-state index contributed by atoms with van der Waals surface area (Å²) in [6, 6.07) is 9.04. The summed E-state index contributed by atoms with van der Waals surface area (Å²) >= 11 is 3.45. The highest BCUT2D eigenvalue weighted by molar-refractivity contribution is 9.10. The molecule has 1 unspecified atom stereocenters. The fraction of sp³-hybridized carbons (Fsp3) is 0.250. The number of halogens is 4. The zero-order chi connectivity index (χ0) is 19.7. The van der Waals surface area contributed by atoms with E-state index in [1.165, 1.54) is 12.1 Å². The first kappa shape index (κ1) is 19.5. The molecule has 142 valence electrons. The maximum absolute atomic E-state index is 14.5. The first-order valence-corrected chi connectivity index (χ1v) is 9.09. The summed E-state index contributed by atoms with van der Waals surface area (Å²) in [5, 5.41) is 4.04. The Hall–Kier alpha value is -2.28. The SMILES string of the molecule is COc1cc2nc(C)cc(NC(C)c3cccc(C(F)F)c3F)c2cc1Br. The first-order chi connectivity index (χ1) is 12.8. The zero-order valence-corrected chi connectivity index (χ0v) is 16.6. The van der Waals surface area contributed by atoms with Crippen molar-refractivity contribution in [2.45, 2.75) is 26.3 Å². The number of alkyl halides is 2. The largest absolute Gasteiger partial charge is 0.495 e. The van der Waals surface area contributed by atoms with Gasteiger partial charge in [-0.15, -0.1) is 0 Å². The predicted molar refractivity (Wildman–Crippen MR) is 104 cm³/mol. The second-order valence-corrected chi connectivity index (χ2v) is 7.09. The van der Waals surface area contributed by atoms with Crippen LogP contribution in [0.5, 0.6) is 5.75 Å². The fourth-order valence-corrected chi connectivity index (χ4v) is 3.52. The molecule has 0 bridgehead atoms.